The Bertz CT molecular complexity index is 1100. The number of fused-ring (bicyclic) bond motifs is 3. The highest BCUT2D eigenvalue weighted by Gasteiger charge is 2.50. The standard InChI is InChI=1S/C28H31N2O3/c1-30(18-6-8-21-14-16-29-17-15-21)19-7-9-22(30)20-33-27(31)28(32)25-12-4-2-10-23(25)24-11-3-5-13-26(24)28/h2-5,10-17,22,32H,6-9,18-20H2,1H3/q+1/t22-,30?/m1/s1. The van der Waals surface area contributed by atoms with Crippen molar-refractivity contribution in [3.05, 3.63) is 89.7 Å². The van der Waals surface area contributed by atoms with Crippen LogP contribution in [-0.2, 0) is 21.6 Å². The van der Waals surface area contributed by atoms with Gasteiger partial charge >= 0.3 is 5.97 Å². The zero-order chi connectivity index (χ0) is 22.9. The molecule has 5 nitrogen and oxygen atoms in total. The molecular formula is C28H31N2O3+. The average molecular weight is 444 g/mol. The number of carbonyl (C=O) groups excluding carboxylic acids is 1. The summed E-state index contributed by atoms with van der Waals surface area (Å²) < 4.78 is 6.78. The molecule has 2 atom stereocenters. The SMILES string of the molecule is C[N+]1(CCCc2ccncc2)CCC[C@@H]1COC(=O)C1(O)c2ccccc2-c2ccccc21. The Morgan fingerprint density at radius 2 is 1.70 bits per heavy atom. The summed E-state index contributed by atoms with van der Waals surface area (Å²) in [5.41, 5.74) is 2.56. The smallest absolute Gasteiger partial charge is 0.347 e. The van der Waals surface area contributed by atoms with E-state index < -0.39 is 11.6 Å². The molecule has 0 saturated carbocycles. The highest BCUT2D eigenvalue weighted by atomic mass is 16.6. The Labute approximate surface area is 195 Å². The van der Waals surface area contributed by atoms with Crippen LogP contribution in [0.15, 0.2) is 73.1 Å². The molecule has 1 saturated heterocycles. The van der Waals surface area contributed by atoms with E-state index in [4.69, 9.17) is 4.74 Å². The Morgan fingerprint density at radius 3 is 2.36 bits per heavy atom. The number of ether oxygens (including phenoxy) is 1. The molecule has 0 bridgehead atoms. The van der Waals surface area contributed by atoms with Gasteiger partial charge in [-0.05, 0) is 35.2 Å². The first-order chi connectivity index (χ1) is 16.0. The number of aryl methyl sites for hydroxylation is 1. The van der Waals surface area contributed by atoms with Crippen molar-refractivity contribution in [2.75, 3.05) is 26.7 Å². The van der Waals surface area contributed by atoms with Crippen LogP contribution in [0.5, 0.6) is 0 Å². The third-order valence-electron chi connectivity index (χ3n) is 7.60. The largest absolute Gasteiger partial charge is 0.457 e. The molecule has 2 aliphatic rings. The van der Waals surface area contributed by atoms with Gasteiger partial charge in [0.25, 0.3) is 0 Å². The summed E-state index contributed by atoms with van der Waals surface area (Å²) in [4.78, 5) is 17.5. The van der Waals surface area contributed by atoms with E-state index in [1.54, 1.807) is 0 Å². The predicted molar refractivity (Wildman–Crippen MR) is 127 cm³/mol. The van der Waals surface area contributed by atoms with Gasteiger partial charge in [0, 0.05) is 42.8 Å². The highest BCUT2D eigenvalue weighted by Crippen LogP contribution is 2.48. The van der Waals surface area contributed by atoms with Crippen LogP contribution in [0, 0.1) is 0 Å². The maximum Gasteiger partial charge on any atom is 0.347 e. The van der Waals surface area contributed by atoms with E-state index in [2.05, 4.69) is 24.2 Å². The fraction of sp³-hybridized carbons (Fsp3) is 0.357. The van der Waals surface area contributed by atoms with Gasteiger partial charge in [-0.15, -0.1) is 0 Å². The molecule has 2 heterocycles. The van der Waals surface area contributed by atoms with Gasteiger partial charge in [-0.1, -0.05) is 48.5 Å². The normalized spacial score (nSPS) is 22.5. The lowest BCUT2D eigenvalue weighted by molar-refractivity contribution is -0.921. The number of quaternary nitrogens is 1. The number of aliphatic hydroxyl groups is 1. The monoisotopic (exact) mass is 443 g/mol. The van der Waals surface area contributed by atoms with Crippen LogP contribution in [0.1, 0.15) is 36.0 Å². The molecule has 1 aliphatic carbocycles. The second kappa shape index (κ2) is 8.73. The second-order valence-electron chi connectivity index (χ2n) is 9.58. The highest BCUT2D eigenvalue weighted by molar-refractivity contribution is 5.96. The molecule has 5 rings (SSSR count). The molecule has 1 N–H and O–H groups in total. The molecule has 5 heteroatoms. The van der Waals surface area contributed by atoms with Gasteiger partial charge < -0.3 is 14.3 Å². The number of carbonyl (C=O) groups is 1. The van der Waals surface area contributed by atoms with Gasteiger partial charge in [-0.2, -0.15) is 0 Å². The van der Waals surface area contributed by atoms with Crippen molar-refractivity contribution < 1.29 is 19.1 Å². The molecule has 2 aromatic carbocycles. The predicted octanol–water partition coefficient (Wildman–Crippen LogP) is 4.08. The molecule has 0 radical (unpaired) electrons. The lowest BCUT2D eigenvalue weighted by atomic mass is 9.91. The molecule has 1 aliphatic heterocycles. The lowest BCUT2D eigenvalue weighted by Crippen LogP contribution is -2.51. The van der Waals surface area contributed by atoms with E-state index in [0.29, 0.717) is 17.7 Å². The number of pyridine rings is 1. The first-order valence-corrected chi connectivity index (χ1v) is 11.8. The molecule has 1 fully saturated rings. The number of hydrogen-bond donors (Lipinski definition) is 1. The minimum atomic E-state index is -1.75. The van der Waals surface area contributed by atoms with Crippen LogP contribution in [0.2, 0.25) is 0 Å². The minimum absolute atomic E-state index is 0.252. The third kappa shape index (κ3) is 3.85. The van der Waals surface area contributed by atoms with Crippen molar-refractivity contribution in [2.45, 2.75) is 37.3 Å². The van der Waals surface area contributed by atoms with Gasteiger partial charge in [0.05, 0.1) is 20.1 Å². The summed E-state index contributed by atoms with van der Waals surface area (Å²) in [5, 5.41) is 11.7. The van der Waals surface area contributed by atoms with E-state index in [0.717, 1.165) is 54.4 Å². The Hall–Kier alpha value is -3.02. The summed E-state index contributed by atoms with van der Waals surface area (Å²) in [6.07, 6.45) is 7.95. The van der Waals surface area contributed by atoms with E-state index in [1.165, 1.54) is 5.56 Å². The number of likely N-dealkylation sites (tertiary alicyclic amines) is 1. The molecule has 1 unspecified atom stereocenters. The number of benzene rings is 2. The van der Waals surface area contributed by atoms with E-state index in [9.17, 15) is 9.90 Å². The Balaban J connectivity index is 1.27. The van der Waals surface area contributed by atoms with Crippen molar-refractivity contribution in [3.8, 4) is 11.1 Å². The van der Waals surface area contributed by atoms with E-state index in [-0.39, 0.29) is 6.04 Å². The van der Waals surface area contributed by atoms with E-state index in [1.807, 2.05) is 60.9 Å². The number of hydrogen-bond acceptors (Lipinski definition) is 4. The maximum absolute atomic E-state index is 13.4. The number of esters is 1. The van der Waals surface area contributed by atoms with Gasteiger partial charge in [-0.3, -0.25) is 4.98 Å². The molecule has 170 valence electrons. The lowest BCUT2D eigenvalue weighted by Gasteiger charge is -2.36. The zero-order valence-electron chi connectivity index (χ0n) is 19.1. The Morgan fingerprint density at radius 1 is 1.06 bits per heavy atom. The maximum atomic E-state index is 13.4. The first-order valence-electron chi connectivity index (χ1n) is 11.8. The number of aromatic nitrogens is 1. The average Bonchev–Trinajstić information content (AvgIpc) is 3.34. The molecule has 3 aromatic rings. The topological polar surface area (TPSA) is 59.4 Å². The molecule has 0 spiro atoms. The van der Waals surface area contributed by atoms with Crippen LogP contribution in [0.4, 0.5) is 0 Å². The van der Waals surface area contributed by atoms with Crippen LogP contribution in [0.25, 0.3) is 11.1 Å². The van der Waals surface area contributed by atoms with Gasteiger partial charge in [0.2, 0.25) is 5.60 Å². The van der Waals surface area contributed by atoms with Crippen molar-refractivity contribution in [1.29, 1.82) is 0 Å². The second-order valence-corrected chi connectivity index (χ2v) is 9.58. The summed E-state index contributed by atoms with van der Waals surface area (Å²) >= 11 is 0. The van der Waals surface area contributed by atoms with Crippen LogP contribution < -0.4 is 0 Å². The fourth-order valence-electron chi connectivity index (χ4n) is 5.64. The number of likely N-dealkylation sites (N-methyl/N-ethyl adjacent to an activating group) is 1. The van der Waals surface area contributed by atoms with Crippen LogP contribution >= 0.6 is 0 Å². The molecule has 1 aromatic heterocycles. The number of rotatable bonds is 7. The van der Waals surface area contributed by atoms with Crippen molar-refractivity contribution >= 4 is 5.97 Å². The minimum Gasteiger partial charge on any atom is -0.457 e. The zero-order valence-corrected chi connectivity index (χ0v) is 19.1. The van der Waals surface area contributed by atoms with Gasteiger partial charge in [0.1, 0.15) is 12.6 Å². The summed E-state index contributed by atoms with van der Waals surface area (Å²) in [6, 6.07) is 19.5. The quantitative estimate of drug-likeness (QED) is 0.442. The third-order valence-corrected chi connectivity index (χ3v) is 7.60. The van der Waals surface area contributed by atoms with Crippen LogP contribution in [-0.4, -0.2) is 53.3 Å². The van der Waals surface area contributed by atoms with Crippen molar-refractivity contribution in [2.24, 2.45) is 0 Å². The van der Waals surface area contributed by atoms with E-state index >= 15 is 0 Å². The fourth-order valence-corrected chi connectivity index (χ4v) is 5.64. The van der Waals surface area contributed by atoms with Crippen molar-refractivity contribution in [3.63, 3.8) is 0 Å². The first kappa shape index (κ1) is 21.8. The van der Waals surface area contributed by atoms with Crippen molar-refractivity contribution in [1.82, 2.24) is 4.98 Å². The molecule has 33 heavy (non-hydrogen) atoms. The summed E-state index contributed by atoms with van der Waals surface area (Å²) in [7, 11) is 2.27. The Kier molecular flexibility index (Phi) is 5.77. The van der Waals surface area contributed by atoms with Crippen LogP contribution in [0.3, 0.4) is 0 Å². The van der Waals surface area contributed by atoms with Gasteiger partial charge in [-0.25, -0.2) is 4.79 Å². The summed E-state index contributed by atoms with van der Waals surface area (Å²) in [5.74, 6) is -0.574. The molecular weight excluding hydrogens is 412 g/mol. The molecule has 0 amide bonds. The van der Waals surface area contributed by atoms with Gasteiger partial charge in [0.15, 0.2) is 0 Å². The summed E-state index contributed by atoms with van der Waals surface area (Å²) in [6.45, 7) is 2.46. The number of nitrogens with zero attached hydrogens (tertiary/aromatic N) is 2.